The molecule has 2 aliphatic heterocycles. The number of hydrogen-bond donors (Lipinski definition) is 5. The standard InChI is InChI=1S/C26H26F3N5O6S2.C22H18F3N3O7S2.C21H16F3N3O5S.C6H15N.C5H12N2O2S.CH3ClO2S/c1-38-21-13-18(7-8-19(21)23-31-25(35)40-32-23)39-15-22-20(14-33-9-11-34(12-10-33)42(2,36)37)30-24(41-22)16-3-5-17(6-4-16)26(27,28)29;1-32-17-9-14(7-8-15(17)19-27-21(29)35-28-19)33-11-18-16(10-34-37(2,30)31)26-20(36-18)12-3-5-13(6-4-12)22(23,24)25;1-30-16-8-13(6-7-14(16)18-26-20(29)32-27-18)31-10-17-15(9-28)25-19(33-17)11-2-4-12(5-3-11)21(22,23)24;1-4-7(5-2)6-3;1-10(8,9)7-4-2-6-3-5-7;1-5(2,3)4/h3-8,13H,9-12,14-15H2,1-2H3,(H,31,32,35);3-9H,10-11H2,1-2H3,(H,27,28,29);2-8,28H,9-10H2,1H3,(H,26,27,29);4-6H2,1-3H3;6H,2-5H2,1H3;1H3. The molecule has 0 bridgehead atoms. The number of ether oxygens (including phenoxy) is 6. The molecule has 0 unspecified atom stereocenters. The van der Waals surface area contributed by atoms with E-state index in [1.54, 1.807) is 54.6 Å². The summed E-state index contributed by atoms with van der Waals surface area (Å²) in [5, 5.41) is 25.0. The number of nitrogens with one attached hydrogen (secondary N) is 4. The van der Waals surface area contributed by atoms with Crippen LogP contribution in [-0.4, -0.2) is 221 Å². The van der Waals surface area contributed by atoms with E-state index in [9.17, 15) is 92.7 Å². The molecule has 0 aliphatic carbocycles. The van der Waals surface area contributed by atoms with Crippen LogP contribution in [-0.2, 0) is 102 Å². The number of halogens is 10. The number of methoxy groups -OCH3 is 3. The highest BCUT2D eigenvalue weighted by Gasteiger charge is 2.34. The zero-order valence-corrected chi connectivity index (χ0v) is 79.2. The van der Waals surface area contributed by atoms with Crippen molar-refractivity contribution >= 4 is 83.9 Å². The summed E-state index contributed by atoms with van der Waals surface area (Å²) in [4.78, 5) is 60.9. The van der Waals surface area contributed by atoms with E-state index in [1.165, 1.54) is 121 Å². The number of alkyl halides is 9. The normalized spacial score (nSPS) is 13.6. The SMILES string of the molecule is CCN(CC)CC.COc1cc(OCc2sc(-c3ccc(C(F)(F)F)cc3)nc2CN2CCN(S(C)(=O)=O)CC2)ccc1-c1noc(=O)[nH]1.COc1cc(OCc2sc(-c3ccc(C(F)(F)F)cc3)nc2CO)ccc1-c1noc(=O)[nH]1.COc1cc(OCc2sc(-c3ccc(C(F)(F)F)cc3)nc2COS(C)(=O)=O)ccc1-c1noc(=O)[nH]1.CS(=O)(=O)Cl.CS(=O)(=O)N1CCNCC1. The lowest BCUT2D eigenvalue weighted by Gasteiger charge is -2.32. The van der Waals surface area contributed by atoms with Crippen molar-refractivity contribution in [2.24, 2.45) is 0 Å². The second-order valence-corrected chi connectivity index (χ2v) is 40.4. The third-order valence-corrected chi connectivity index (χ3v) is 25.6. The largest absolute Gasteiger partial charge is 0.496 e. The molecular weight excluding hydrogens is 1950 g/mol. The lowest BCUT2D eigenvalue weighted by atomic mass is 10.1. The van der Waals surface area contributed by atoms with Crippen molar-refractivity contribution in [2.45, 2.75) is 78.9 Å². The minimum atomic E-state index is -4.48. The highest BCUT2D eigenvalue weighted by Crippen LogP contribution is 2.41. The molecule has 0 spiro atoms. The predicted octanol–water partition coefficient (Wildman–Crippen LogP) is 12.7. The molecule has 6 aromatic carbocycles. The number of hydrogen-bond acceptors (Lipinski definition) is 34. The quantitative estimate of drug-likeness (QED) is 0.0165. The maximum Gasteiger partial charge on any atom is 0.439 e. The summed E-state index contributed by atoms with van der Waals surface area (Å²) in [6.07, 6.45) is -9.10. The third kappa shape index (κ3) is 32.4. The van der Waals surface area contributed by atoms with Gasteiger partial charge in [-0.3, -0.25) is 37.6 Å². The van der Waals surface area contributed by atoms with E-state index in [4.69, 9.17) is 37.6 Å². The summed E-state index contributed by atoms with van der Waals surface area (Å²) in [5.74, 6) is 0.804. The molecule has 2 fully saturated rings. The number of rotatable bonds is 29. The van der Waals surface area contributed by atoms with E-state index in [2.05, 4.69) is 101 Å². The van der Waals surface area contributed by atoms with Gasteiger partial charge in [0, 0.05) is 104 Å². The number of nitrogens with zero attached hydrogens (tertiary/aromatic N) is 10. The van der Waals surface area contributed by atoms with Crippen LogP contribution in [0.2, 0.25) is 0 Å². The first-order valence-electron chi connectivity index (χ1n) is 39.6. The molecule has 0 amide bonds. The first-order chi connectivity index (χ1) is 63.1. The van der Waals surface area contributed by atoms with Crippen LogP contribution < -0.4 is 51.0 Å². The Labute approximate surface area is 777 Å². The monoisotopic (exact) mass is 2040 g/mol. The maximum absolute atomic E-state index is 13.1. The van der Waals surface area contributed by atoms with E-state index in [-0.39, 0.29) is 56.2 Å². The van der Waals surface area contributed by atoms with E-state index in [0.717, 1.165) is 78.2 Å². The molecule has 6 aromatic heterocycles. The molecule has 5 N–H and O–H groups in total. The van der Waals surface area contributed by atoms with Gasteiger partial charge in [0.25, 0.3) is 10.1 Å². The molecule has 0 atom stereocenters. The highest BCUT2D eigenvalue weighted by molar-refractivity contribution is 8.13. The van der Waals surface area contributed by atoms with Gasteiger partial charge in [-0.15, -0.1) is 34.0 Å². The van der Waals surface area contributed by atoms with Crippen molar-refractivity contribution in [1.82, 2.24) is 69.1 Å². The molecule has 2 saturated heterocycles. The Morgan fingerprint density at radius 3 is 1.02 bits per heavy atom. The average Bonchev–Trinajstić information content (AvgIpc) is 1.70. The van der Waals surface area contributed by atoms with Crippen molar-refractivity contribution in [3.63, 3.8) is 0 Å². The molecule has 134 heavy (non-hydrogen) atoms. The van der Waals surface area contributed by atoms with Crippen LogP contribution in [0.3, 0.4) is 0 Å². The van der Waals surface area contributed by atoms with Gasteiger partial charge in [0.1, 0.15) is 75.9 Å². The molecule has 0 radical (unpaired) electrons. The van der Waals surface area contributed by atoms with Crippen LogP contribution in [0.1, 0.15) is 69.2 Å². The van der Waals surface area contributed by atoms with Gasteiger partial charge in [-0.05, 0) is 92.4 Å². The van der Waals surface area contributed by atoms with Gasteiger partial charge in [-0.25, -0.2) is 54.6 Å². The zero-order chi connectivity index (χ0) is 98.3. The van der Waals surface area contributed by atoms with Crippen LogP contribution >= 0.6 is 44.7 Å². The average molecular weight is 2040 g/mol. The summed E-state index contributed by atoms with van der Waals surface area (Å²) in [7, 11) is -4.36. The Balaban J connectivity index is 0.000000203. The highest BCUT2D eigenvalue weighted by atomic mass is 35.7. The molecule has 2 aliphatic rings. The fourth-order valence-corrected chi connectivity index (χ4v) is 17.2. The van der Waals surface area contributed by atoms with E-state index in [0.29, 0.717) is 150 Å². The summed E-state index contributed by atoms with van der Waals surface area (Å²) in [6.45, 7) is 14.4. The topological polar surface area (TPSA) is 462 Å². The molecule has 728 valence electrons. The molecule has 53 heteroatoms. The number of aromatic nitrogens is 9. The number of H-pyrrole nitrogens is 3. The van der Waals surface area contributed by atoms with Gasteiger partial charge < -0.3 is 43.7 Å². The number of aromatic amines is 3. The van der Waals surface area contributed by atoms with Crippen LogP contribution in [0.4, 0.5) is 39.5 Å². The number of benzene rings is 6. The Morgan fingerprint density at radius 2 is 0.754 bits per heavy atom. The number of sulfonamides is 2. The van der Waals surface area contributed by atoms with Crippen molar-refractivity contribution in [2.75, 3.05) is 118 Å². The van der Waals surface area contributed by atoms with Crippen LogP contribution in [0.15, 0.2) is 155 Å². The van der Waals surface area contributed by atoms with Crippen LogP contribution in [0, 0.1) is 0 Å². The third-order valence-electron chi connectivity index (χ3n) is 19.0. The fourth-order valence-electron chi connectivity index (χ4n) is 12.2. The molecule has 8 heterocycles. The van der Waals surface area contributed by atoms with Crippen LogP contribution in [0.25, 0.3) is 65.9 Å². The first kappa shape index (κ1) is 107. The van der Waals surface area contributed by atoms with Gasteiger partial charge in [-0.1, -0.05) is 72.6 Å². The summed E-state index contributed by atoms with van der Waals surface area (Å²) in [5.41, 5.74) is 1.91. The second-order valence-electron chi connectivity index (χ2n) is 28.5. The Kier molecular flexibility index (Phi) is 37.8. The van der Waals surface area contributed by atoms with E-state index >= 15 is 0 Å². The van der Waals surface area contributed by atoms with Crippen molar-refractivity contribution in [3.05, 3.63) is 207 Å². The smallest absolute Gasteiger partial charge is 0.439 e. The number of aliphatic hydroxyl groups is 1. The first-order valence-corrected chi connectivity index (χ1v) is 50.3. The van der Waals surface area contributed by atoms with Crippen LogP contribution in [0.5, 0.6) is 34.5 Å². The van der Waals surface area contributed by atoms with Gasteiger partial charge in [0.15, 0.2) is 17.5 Å². The van der Waals surface area contributed by atoms with Crippen molar-refractivity contribution < 1.29 is 124 Å². The van der Waals surface area contributed by atoms with Crippen molar-refractivity contribution in [3.8, 4) is 100 Å². The summed E-state index contributed by atoms with van der Waals surface area (Å²) in [6, 6.07) is 28.5. The van der Waals surface area contributed by atoms with Gasteiger partial charge in [0.2, 0.25) is 29.1 Å². The minimum Gasteiger partial charge on any atom is -0.496 e. The molecule has 0 saturated carbocycles. The fraction of sp³-hybridized carbons (Fsp3) is 0.370. The molecule has 12 aromatic rings. The molecular formula is C81H90ClF9N14O22S7. The predicted molar refractivity (Wildman–Crippen MR) is 479 cm³/mol. The lowest BCUT2D eigenvalue weighted by Crippen LogP contribution is -2.47. The van der Waals surface area contributed by atoms with E-state index < -0.39 is 91.7 Å². The Bertz CT molecular complexity index is 6520. The second kappa shape index (κ2) is 47.5. The Morgan fingerprint density at radius 1 is 0.448 bits per heavy atom. The van der Waals surface area contributed by atoms with Gasteiger partial charge in [0.05, 0.1) is 118 Å². The Hall–Kier alpha value is -11.0. The summed E-state index contributed by atoms with van der Waals surface area (Å²) >= 11 is 3.64. The minimum absolute atomic E-state index is 0.0515. The van der Waals surface area contributed by atoms with Gasteiger partial charge >= 0.3 is 35.8 Å². The summed E-state index contributed by atoms with van der Waals surface area (Å²) < 4.78 is 259. The lowest BCUT2D eigenvalue weighted by molar-refractivity contribution is -0.138. The number of thiazole rings is 3. The van der Waals surface area contributed by atoms with Crippen molar-refractivity contribution in [1.29, 1.82) is 0 Å². The van der Waals surface area contributed by atoms with E-state index in [1.807, 2.05) is 0 Å². The van der Waals surface area contributed by atoms with Gasteiger partial charge in [-0.2, -0.15) is 56.5 Å². The molecule has 36 nitrogen and oxygen atoms in total. The molecule has 14 rings (SSSR count). The maximum atomic E-state index is 13.1. The zero-order valence-electron chi connectivity index (χ0n) is 72.8. The number of aliphatic hydroxyl groups excluding tert-OH is 1. The number of piperazine rings is 2.